The number of nitrogens with zero attached hydrogens (tertiary/aromatic N) is 2. The monoisotopic (exact) mass is 381 g/mol. The average Bonchev–Trinajstić information content (AvgIpc) is 3.12. The molecule has 0 saturated carbocycles. The molecule has 0 aliphatic carbocycles. The highest BCUT2D eigenvalue weighted by molar-refractivity contribution is 7.99. The van der Waals surface area contributed by atoms with Gasteiger partial charge in [-0.2, -0.15) is 0 Å². The van der Waals surface area contributed by atoms with E-state index in [0.29, 0.717) is 5.89 Å². The lowest BCUT2D eigenvalue weighted by Gasteiger charge is -2.03. The summed E-state index contributed by atoms with van der Waals surface area (Å²) in [5, 5.41) is 10.6. The number of aryl methyl sites for hydroxylation is 2. The van der Waals surface area contributed by atoms with Crippen molar-refractivity contribution < 1.29 is 14.0 Å². The molecule has 0 aliphatic heterocycles. The molecule has 3 rings (SSSR count). The number of nitrogens with one attached hydrogen (secondary N) is 1. The highest BCUT2D eigenvalue weighted by Gasteiger charge is 2.13. The fourth-order valence-corrected chi connectivity index (χ4v) is 2.97. The number of aromatic nitrogens is 2. The predicted octanol–water partition coefficient (Wildman–Crippen LogP) is 3.33. The Hall–Kier alpha value is -2.93. The van der Waals surface area contributed by atoms with Crippen molar-refractivity contribution in [2.24, 2.45) is 0 Å². The number of imide groups is 1. The first-order chi connectivity index (χ1) is 13.0. The standard InChI is InChI=1S/C20H19N3O3S/c1-13-8-9-16(10-14(13)2)19-22-23-20(26-19)27-12-18(25)21-17(24)11-15-6-4-3-5-7-15/h3-10H,11-12H2,1-2H3,(H,21,24,25). The van der Waals surface area contributed by atoms with Gasteiger partial charge >= 0.3 is 0 Å². The van der Waals surface area contributed by atoms with Gasteiger partial charge in [0, 0.05) is 5.56 Å². The highest BCUT2D eigenvalue weighted by atomic mass is 32.2. The summed E-state index contributed by atoms with van der Waals surface area (Å²) in [6.45, 7) is 4.05. The van der Waals surface area contributed by atoms with Crippen molar-refractivity contribution in [3.8, 4) is 11.5 Å². The second-order valence-corrected chi connectivity index (χ2v) is 7.02. The van der Waals surface area contributed by atoms with Crippen LogP contribution in [-0.2, 0) is 16.0 Å². The van der Waals surface area contributed by atoms with Gasteiger partial charge in [0.15, 0.2) is 0 Å². The number of benzene rings is 2. The quantitative estimate of drug-likeness (QED) is 0.659. The second-order valence-electron chi connectivity index (χ2n) is 6.09. The van der Waals surface area contributed by atoms with Gasteiger partial charge in [0.25, 0.3) is 5.22 Å². The molecular formula is C20H19N3O3S. The van der Waals surface area contributed by atoms with Crippen LogP contribution in [-0.4, -0.2) is 27.8 Å². The van der Waals surface area contributed by atoms with E-state index in [-0.39, 0.29) is 23.3 Å². The molecule has 2 aromatic carbocycles. The number of carbonyl (C=O) groups is 2. The maximum Gasteiger partial charge on any atom is 0.277 e. The van der Waals surface area contributed by atoms with Gasteiger partial charge in [0.1, 0.15) is 0 Å². The summed E-state index contributed by atoms with van der Waals surface area (Å²) in [5.41, 5.74) is 4.01. The third-order valence-electron chi connectivity index (χ3n) is 3.97. The number of carbonyl (C=O) groups excluding carboxylic acids is 2. The van der Waals surface area contributed by atoms with Crippen LogP contribution in [0.1, 0.15) is 16.7 Å². The Labute approximate surface area is 161 Å². The van der Waals surface area contributed by atoms with Gasteiger partial charge in [0.05, 0.1) is 12.2 Å². The van der Waals surface area contributed by atoms with E-state index in [9.17, 15) is 9.59 Å². The molecule has 1 heterocycles. The first kappa shape index (κ1) is 18.8. The maximum absolute atomic E-state index is 11.9. The van der Waals surface area contributed by atoms with E-state index in [1.54, 1.807) is 0 Å². The predicted molar refractivity (Wildman–Crippen MR) is 103 cm³/mol. The first-order valence-corrected chi connectivity index (χ1v) is 9.40. The minimum absolute atomic E-state index is 0.0229. The molecule has 0 spiro atoms. The molecule has 1 N–H and O–H groups in total. The van der Waals surface area contributed by atoms with Gasteiger partial charge in [-0.1, -0.05) is 48.2 Å². The summed E-state index contributed by atoms with van der Waals surface area (Å²) in [4.78, 5) is 23.8. The molecule has 7 heteroatoms. The molecule has 27 heavy (non-hydrogen) atoms. The Bertz CT molecular complexity index is 954. The molecule has 0 bridgehead atoms. The van der Waals surface area contributed by atoms with Crippen LogP contribution in [0.3, 0.4) is 0 Å². The van der Waals surface area contributed by atoms with Crippen LogP contribution in [0.15, 0.2) is 58.2 Å². The van der Waals surface area contributed by atoms with Crippen molar-refractivity contribution in [3.63, 3.8) is 0 Å². The molecule has 0 unspecified atom stereocenters. The third kappa shape index (κ3) is 5.27. The van der Waals surface area contributed by atoms with Crippen molar-refractivity contribution in [3.05, 3.63) is 65.2 Å². The van der Waals surface area contributed by atoms with Crippen LogP contribution in [0.2, 0.25) is 0 Å². The minimum atomic E-state index is -0.396. The van der Waals surface area contributed by atoms with Gasteiger partial charge in [0.2, 0.25) is 17.7 Å². The molecule has 138 valence electrons. The van der Waals surface area contributed by atoms with E-state index in [0.717, 1.165) is 28.5 Å². The molecule has 2 amide bonds. The van der Waals surface area contributed by atoms with Gasteiger partial charge in [-0.05, 0) is 42.7 Å². The Balaban J connectivity index is 1.51. The van der Waals surface area contributed by atoms with E-state index < -0.39 is 5.91 Å². The van der Waals surface area contributed by atoms with Crippen molar-refractivity contribution in [2.75, 3.05) is 5.75 Å². The maximum atomic E-state index is 11.9. The Kier molecular flexibility index (Phi) is 6.03. The van der Waals surface area contributed by atoms with Gasteiger partial charge in [-0.15, -0.1) is 10.2 Å². The third-order valence-corrected chi connectivity index (χ3v) is 4.79. The van der Waals surface area contributed by atoms with E-state index in [4.69, 9.17) is 4.42 Å². The van der Waals surface area contributed by atoms with Gasteiger partial charge in [-0.3, -0.25) is 14.9 Å². The zero-order valence-corrected chi connectivity index (χ0v) is 15.9. The summed E-state index contributed by atoms with van der Waals surface area (Å²) < 4.78 is 5.59. The number of rotatable bonds is 6. The Morgan fingerprint density at radius 1 is 1.00 bits per heavy atom. The van der Waals surface area contributed by atoms with Crippen LogP contribution >= 0.6 is 11.8 Å². The molecule has 0 saturated heterocycles. The zero-order valence-electron chi connectivity index (χ0n) is 15.1. The van der Waals surface area contributed by atoms with Crippen molar-refractivity contribution in [1.29, 1.82) is 0 Å². The smallest absolute Gasteiger partial charge is 0.277 e. The number of amides is 2. The van der Waals surface area contributed by atoms with Gasteiger partial charge in [-0.25, -0.2) is 0 Å². The first-order valence-electron chi connectivity index (χ1n) is 8.42. The van der Waals surface area contributed by atoms with E-state index in [2.05, 4.69) is 15.5 Å². The Morgan fingerprint density at radius 2 is 1.78 bits per heavy atom. The molecule has 3 aromatic rings. The van der Waals surface area contributed by atoms with Crippen molar-refractivity contribution >= 4 is 23.6 Å². The minimum Gasteiger partial charge on any atom is -0.411 e. The fraction of sp³-hybridized carbons (Fsp3) is 0.200. The number of hydrogen-bond acceptors (Lipinski definition) is 6. The largest absolute Gasteiger partial charge is 0.411 e. The van der Waals surface area contributed by atoms with Crippen LogP contribution in [0.4, 0.5) is 0 Å². The van der Waals surface area contributed by atoms with Crippen molar-refractivity contribution in [1.82, 2.24) is 15.5 Å². The second kappa shape index (κ2) is 8.64. The molecule has 1 aromatic heterocycles. The summed E-state index contributed by atoms with van der Waals surface area (Å²) in [7, 11) is 0. The zero-order chi connectivity index (χ0) is 19.2. The summed E-state index contributed by atoms with van der Waals surface area (Å²) >= 11 is 1.10. The molecule has 0 fully saturated rings. The van der Waals surface area contributed by atoms with Crippen LogP contribution in [0.25, 0.3) is 11.5 Å². The van der Waals surface area contributed by atoms with E-state index in [1.807, 2.05) is 62.4 Å². The summed E-state index contributed by atoms with van der Waals surface area (Å²) in [6, 6.07) is 15.1. The summed E-state index contributed by atoms with van der Waals surface area (Å²) in [6.07, 6.45) is 0.161. The lowest BCUT2D eigenvalue weighted by molar-refractivity contribution is -0.128. The molecule has 0 atom stereocenters. The summed E-state index contributed by atoms with van der Waals surface area (Å²) in [5.74, 6) is -0.309. The van der Waals surface area contributed by atoms with Gasteiger partial charge < -0.3 is 4.42 Å². The molecule has 6 nitrogen and oxygen atoms in total. The molecule has 0 radical (unpaired) electrons. The lowest BCUT2D eigenvalue weighted by Crippen LogP contribution is -2.33. The SMILES string of the molecule is Cc1ccc(-c2nnc(SCC(=O)NC(=O)Cc3ccccc3)o2)cc1C. The van der Waals surface area contributed by atoms with Crippen LogP contribution < -0.4 is 5.32 Å². The topological polar surface area (TPSA) is 85.1 Å². The highest BCUT2D eigenvalue weighted by Crippen LogP contribution is 2.24. The van der Waals surface area contributed by atoms with Crippen LogP contribution in [0.5, 0.6) is 0 Å². The lowest BCUT2D eigenvalue weighted by atomic mass is 10.1. The van der Waals surface area contributed by atoms with Crippen LogP contribution in [0, 0.1) is 13.8 Å². The average molecular weight is 381 g/mol. The van der Waals surface area contributed by atoms with Crippen molar-refractivity contribution in [2.45, 2.75) is 25.5 Å². The number of thioether (sulfide) groups is 1. The number of hydrogen-bond donors (Lipinski definition) is 1. The van der Waals surface area contributed by atoms with E-state index >= 15 is 0 Å². The fourth-order valence-electron chi connectivity index (χ4n) is 2.40. The molecular weight excluding hydrogens is 362 g/mol. The normalized spacial score (nSPS) is 10.6. The Morgan fingerprint density at radius 3 is 2.52 bits per heavy atom. The molecule has 0 aliphatic rings. The van der Waals surface area contributed by atoms with E-state index in [1.165, 1.54) is 5.56 Å².